The molecule has 1 aliphatic heterocycles. The first-order valence-electron chi connectivity index (χ1n) is 12.7. The Labute approximate surface area is 219 Å². The van der Waals surface area contributed by atoms with Gasteiger partial charge in [-0.05, 0) is 41.8 Å². The fraction of sp³-hybridized carbons (Fsp3) is 0.429. The zero-order chi connectivity index (χ0) is 27.2. The fourth-order valence-corrected chi connectivity index (χ4v) is 3.50. The van der Waals surface area contributed by atoms with Crippen molar-refractivity contribution in [3.8, 4) is 0 Å². The van der Waals surface area contributed by atoms with E-state index in [0.717, 1.165) is 11.1 Å². The van der Waals surface area contributed by atoms with Crippen molar-refractivity contribution in [3.05, 3.63) is 83.7 Å². The van der Waals surface area contributed by atoms with Crippen LogP contribution in [-0.4, -0.2) is 66.5 Å². The number of nitrogens with one attached hydrogen (secondary N) is 2. The first-order valence-corrected chi connectivity index (χ1v) is 12.7. The Morgan fingerprint density at radius 2 is 1.51 bits per heavy atom. The van der Waals surface area contributed by atoms with Crippen molar-refractivity contribution in [3.63, 3.8) is 0 Å². The number of amides is 2. The molecule has 2 aromatic carbocycles. The van der Waals surface area contributed by atoms with Crippen molar-refractivity contribution in [1.29, 1.82) is 0 Å². The largest absolute Gasteiger partial charge is 0.367 e. The van der Waals surface area contributed by atoms with Crippen LogP contribution in [-0.2, 0) is 22.6 Å². The van der Waals surface area contributed by atoms with E-state index in [1.54, 1.807) is 46.2 Å². The first-order chi connectivity index (χ1) is 17.7. The number of rotatable bonds is 8. The van der Waals surface area contributed by atoms with Crippen LogP contribution >= 0.6 is 0 Å². The molecular weight excluding hydrogens is 476 g/mol. The molecule has 2 amide bonds. The third-order valence-corrected chi connectivity index (χ3v) is 5.93. The summed E-state index contributed by atoms with van der Waals surface area (Å²) in [6.45, 7) is 10.0. The number of unbranched alkanes of at least 4 members (excludes halogenated alkanes) is 1. The number of hydrogen-bond acceptors (Lipinski definition) is 5. The van der Waals surface area contributed by atoms with Crippen LogP contribution in [0.15, 0.2) is 60.9 Å². The molecule has 0 spiro atoms. The molecular formula is C28H39F2N5O2. The maximum Gasteiger partial charge on any atom is 0.243 e. The fourth-order valence-electron chi connectivity index (χ4n) is 3.50. The number of likely N-dealkylation sites (N-methyl/N-ethyl adjacent to an activating group) is 1. The lowest BCUT2D eigenvalue weighted by Gasteiger charge is -2.37. The van der Waals surface area contributed by atoms with Crippen molar-refractivity contribution in [2.75, 3.05) is 39.8 Å². The van der Waals surface area contributed by atoms with Crippen LogP contribution in [0.25, 0.3) is 0 Å². The topological polar surface area (TPSA) is 67.9 Å². The second kappa shape index (κ2) is 15.6. The average molecular weight is 516 g/mol. The standard InChI is InChI=1S/C24H29F2N5O2.C4H10/c1-18(28-15-20-5-9-22(26)10-6-20)31-17-24(33)30(14-12-27-23(32)16-29(31)2)13-11-19-3-7-21(25)8-4-19;1-3-4-2/h3-10,28H,1,11-17H2,2H3,(H,27,32);3-4H2,1-2H3. The van der Waals surface area contributed by atoms with Crippen molar-refractivity contribution in [2.45, 2.75) is 39.7 Å². The third-order valence-electron chi connectivity index (χ3n) is 5.93. The zero-order valence-corrected chi connectivity index (χ0v) is 22.1. The molecule has 0 aliphatic carbocycles. The summed E-state index contributed by atoms with van der Waals surface area (Å²) in [7, 11) is 1.71. The highest BCUT2D eigenvalue weighted by molar-refractivity contribution is 5.80. The van der Waals surface area contributed by atoms with Gasteiger partial charge in [0.15, 0.2) is 0 Å². The summed E-state index contributed by atoms with van der Waals surface area (Å²) >= 11 is 0. The molecule has 0 bridgehead atoms. The maximum absolute atomic E-state index is 13.2. The van der Waals surface area contributed by atoms with Gasteiger partial charge in [0.25, 0.3) is 0 Å². The Hall–Kier alpha value is -3.46. The van der Waals surface area contributed by atoms with Crippen LogP contribution in [0.1, 0.15) is 37.8 Å². The summed E-state index contributed by atoms with van der Waals surface area (Å²) < 4.78 is 26.3. The van der Waals surface area contributed by atoms with Gasteiger partial charge in [0, 0.05) is 33.2 Å². The van der Waals surface area contributed by atoms with Crippen molar-refractivity contribution in [1.82, 2.24) is 25.6 Å². The molecule has 37 heavy (non-hydrogen) atoms. The minimum absolute atomic E-state index is 0.00243. The van der Waals surface area contributed by atoms with E-state index in [4.69, 9.17) is 0 Å². The summed E-state index contributed by atoms with van der Waals surface area (Å²) in [6.07, 6.45) is 3.21. The van der Waals surface area contributed by atoms with Crippen LogP contribution < -0.4 is 10.6 Å². The van der Waals surface area contributed by atoms with E-state index in [0.29, 0.717) is 38.4 Å². The molecule has 0 saturated carbocycles. The number of carbonyl (C=O) groups is 2. The minimum Gasteiger partial charge on any atom is -0.367 e. The van der Waals surface area contributed by atoms with Gasteiger partial charge in [-0.15, -0.1) is 0 Å². The number of nitrogens with zero attached hydrogens (tertiary/aromatic N) is 3. The molecule has 7 nitrogen and oxygen atoms in total. The monoisotopic (exact) mass is 515 g/mol. The molecule has 0 atom stereocenters. The van der Waals surface area contributed by atoms with Gasteiger partial charge in [0.1, 0.15) is 24.0 Å². The Balaban J connectivity index is 0.00000112. The normalized spacial score (nSPS) is 14.9. The van der Waals surface area contributed by atoms with Gasteiger partial charge < -0.3 is 15.5 Å². The molecule has 2 N–H and O–H groups in total. The average Bonchev–Trinajstić information content (AvgIpc) is 2.89. The molecule has 202 valence electrons. The van der Waals surface area contributed by atoms with E-state index in [2.05, 4.69) is 31.1 Å². The van der Waals surface area contributed by atoms with Gasteiger partial charge in [0.2, 0.25) is 11.8 Å². The number of hydrogen-bond donors (Lipinski definition) is 2. The van der Waals surface area contributed by atoms with Crippen LogP contribution in [0.3, 0.4) is 0 Å². The molecule has 3 rings (SSSR count). The molecule has 2 aromatic rings. The van der Waals surface area contributed by atoms with Crippen LogP contribution in [0.5, 0.6) is 0 Å². The van der Waals surface area contributed by atoms with Gasteiger partial charge in [-0.1, -0.05) is 57.5 Å². The van der Waals surface area contributed by atoms with E-state index >= 15 is 0 Å². The lowest BCUT2D eigenvalue weighted by atomic mass is 10.1. The second-order valence-electron chi connectivity index (χ2n) is 8.91. The van der Waals surface area contributed by atoms with Crippen molar-refractivity contribution >= 4 is 11.8 Å². The smallest absolute Gasteiger partial charge is 0.243 e. The predicted molar refractivity (Wildman–Crippen MR) is 142 cm³/mol. The molecule has 0 aromatic heterocycles. The Morgan fingerprint density at radius 1 is 0.946 bits per heavy atom. The lowest BCUT2D eigenvalue weighted by Crippen LogP contribution is -2.54. The SMILES string of the molecule is C=C(NCc1ccc(F)cc1)N1CC(=O)N(CCc2ccc(F)cc2)CCNC(=O)CN1C.CCCC. The van der Waals surface area contributed by atoms with Crippen molar-refractivity contribution < 1.29 is 18.4 Å². The molecule has 0 radical (unpaired) electrons. The Morgan fingerprint density at radius 3 is 2.08 bits per heavy atom. The van der Waals surface area contributed by atoms with E-state index < -0.39 is 0 Å². The quantitative estimate of drug-likeness (QED) is 0.562. The highest BCUT2D eigenvalue weighted by Crippen LogP contribution is 2.10. The summed E-state index contributed by atoms with van der Waals surface area (Å²) in [4.78, 5) is 27.1. The second-order valence-corrected chi connectivity index (χ2v) is 8.91. The van der Waals surface area contributed by atoms with Gasteiger partial charge in [-0.2, -0.15) is 0 Å². The van der Waals surface area contributed by atoms with Crippen LogP contribution in [0.4, 0.5) is 8.78 Å². The van der Waals surface area contributed by atoms with E-state index in [-0.39, 0.29) is 36.5 Å². The van der Waals surface area contributed by atoms with E-state index in [1.807, 2.05) is 0 Å². The summed E-state index contributed by atoms with van der Waals surface area (Å²) in [6, 6.07) is 12.3. The Bertz CT molecular complexity index is 997. The maximum atomic E-state index is 13.2. The summed E-state index contributed by atoms with van der Waals surface area (Å²) in [5.41, 5.74) is 1.77. The molecule has 1 aliphatic rings. The molecule has 1 saturated heterocycles. The van der Waals surface area contributed by atoms with Crippen LogP contribution in [0, 0.1) is 11.6 Å². The van der Waals surface area contributed by atoms with Crippen LogP contribution in [0.2, 0.25) is 0 Å². The molecule has 1 fully saturated rings. The van der Waals surface area contributed by atoms with Gasteiger partial charge in [-0.25, -0.2) is 13.8 Å². The zero-order valence-electron chi connectivity index (χ0n) is 22.1. The summed E-state index contributed by atoms with van der Waals surface area (Å²) in [5, 5.41) is 9.23. The van der Waals surface area contributed by atoms with E-state index in [1.165, 1.54) is 37.1 Å². The number of hydrazine groups is 1. The minimum atomic E-state index is -0.314. The highest BCUT2D eigenvalue weighted by atomic mass is 19.1. The van der Waals surface area contributed by atoms with E-state index in [9.17, 15) is 18.4 Å². The summed E-state index contributed by atoms with van der Waals surface area (Å²) in [5.74, 6) is -0.457. The highest BCUT2D eigenvalue weighted by Gasteiger charge is 2.24. The number of benzene rings is 2. The predicted octanol–water partition coefficient (Wildman–Crippen LogP) is 3.68. The van der Waals surface area contributed by atoms with Gasteiger partial charge in [-0.3, -0.25) is 14.6 Å². The molecule has 0 unspecified atom stereocenters. The molecule has 9 heteroatoms. The van der Waals surface area contributed by atoms with Gasteiger partial charge in [0.05, 0.1) is 6.54 Å². The lowest BCUT2D eigenvalue weighted by molar-refractivity contribution is -0.140. The third kappa shape index (κ3) is 10.6. The van der Waals surface area contributed by atoms with Gasteiger partial charge >= 0.3 is 0 Å². The molecule has 1 heterocycles. The van der Waals surface area contributed by atoms with Crippen molar-refractivity contribution in [2.24, 2.45) is 0 Å². The number of carbonyl (C=O) groups excluding carboxylic acids is 2. The Kier molecular flexibility index (Phi) is 12.6. The number of halogens is 2. The first kappa shape index (κ1) is 29.8.